The lowest BCUT2D eigenvalue weighted by atomic mass is 9.89. The van der Waals surface area contributed by atoms with Crippen molar-refractivity contribution in [1.82, 2.24) is 0 Å². The lowest BCUT2D eigenvalue weighted by molar-refractivity contribution is 0.242. The first-order valence-electron chi connectivity index (χ1n) is 6.60. The molecule has 0 heterocycles. The van der Waals surface area contributed by atoms with Crippen LogP contribution in [0.1, 0.15) is 45.1 Å². The summed E-state index contributed by atoms with van der Waals surface area (Å²) in [5.74, 6) is 2.17. The molecule has 2 rings (SSSR count). The first kappa shape index (κ1) is 12.4. The van der Waals surface area contributed by atoms with Gasteiger partial charge in [0.15, 0.2) is 0 Å². The lowest BCUT2D eigenvalue weighted by Crippen LogP contribution is -2.24. The second-order valence-corrected chi connectivity index (χ2v) is 5.44. The van der Waals surface area contributed by atoms with Crippen LogP contribution in [0.4, 0.5) is 0 Å². The molecule has 0 spiro atoms. The summed E-state index contributed by atoms with van der Waals surface area (Å²) in [7, 11) is 0. The molecule has 1 aliphatic carbocycles. The Balaban J connectivity index is 2.08. The molecule has 94 valence electrons. The molecule has 0 radical (unpaired) electrons. The fraction of sp³-hybridized carbons (Fsp3) is 0.600. The SMILES string of the molecule is CC(C)Oc1ccc(C2CCC(N)C2C)cc1. The van der Waals surface area contributed by atoms with Gasteiger partial charge in [0.2, 0.25) is 0 Å². The summed E-state index contributed by atoms with van der Waals surface area (Å²) in [6.45, 7) is 6.36. The number of nitrogens with two attached hydrogens (primary N) is 1. The van der Waals surface area contributed by atoms with E-state index in [0.717, 1.165) is 12.2 Å². The number of hydrogen-bond acceptors (Lipinski definition) is 2. The third-order valence-electron chi connectivity index (χ3n) is 3.80. The van der Waals surface area contributed by atoms with Gasteiger partial charge in [-0.2, -0.15) is 0 Å². The quantitative estimate of drug-likeness (QED) is 0.869. The van der Waals surface area contributed by atoms with Crippen molar-refractivity contribution >= 4 is 0 Å². The van der Waals surface area contributed by atoms with E-state index in [1.165, 1.54) is 12.0 Å². The van der Waals surface area contributed by atoms with Crippen LogP contribution in [0.2, 0.25) is 0 Å². The van der Waals surface area contributed by atoms with Gasteiger partial charge in [-0.15, -0.1) is 0 Å². The molecule has 0 aliphatic heterocycles. The Morgan fingerprint density at radius 2 is 1.82 bits per heavy atom. The van der Waals surface area contributed by atoms with Crippen molar-refractivity contribution in [3.8, 4) is 5.75 Å². The Kier molecular flexibility index (Phi) is 3.72. The first-order valence-corrected chi connectivity index (χ1v) is 6.60. The van der Waals surface area contributed by atoms with Gasteiger partial charge in [0.05, 0.1) is 6.10 Å². The largest absolute Gasteiger partial charge is 0.491 e. The van der Waals surface area contributed by atoms with Crippen LogP contribution < -0.4 is 10.5 Å². The van der Waals surface area contributed by atoms with E-state index in [1.54, 1.807) is 0 Å². The molecule has 3 unspecified atom stereocenters. The van der Waals surface area contributed by atoms with Crippen LogP contribution in [0, 0.1) is 5.92 Å². The normalized spacial score (nSPS) is 28.6. The molecule has 1 saturated carbocycles. The summed E-state index contributed by atoms with van der Waals surface area (Å²) in [5.41, 5.74) is 7.48. The molecule has 1 aromatic carbocycles. The summed E-state index contributed by atoms with van der Waals surface area (Å²) in [6.07, 6.45) is 2.60. The minimum Gasteiger partial charge on any atom is -0.491 e. The van der Waals surface area contributed by atoms with Crippen molar-refractivity contribution in [2.24, 2.45) is 11.7 Å². The Bertz CT molecular complexity index is 358. The second-order valence-electron chi connectivity index (χ2n) is 5.44. The summed E-state index contributed by atoms with van der Waals surface area (Å²) < 4.78 is 5.66. The molecule has 3 atom stereocenters. The third kappa shape index (κ3) is 2.81. The average molecular weight is 233 g/mol. The fourth-order valence-electron chi connectivity index (χ4n) is 2.73. The Morgan fingerprint density at radius 1 is 1.18 bits per heavy atom. The molecular weight excluding hydrogens is 210 g/mol. The zero-order valence-electron chi connectivity index (χ0n) is 11.0. The predicted octanol–water partition coefficient (Wildman–Crippen LogP) is 3.31. The molecule has 1 aliphatic rings. The summed E-state index contributed by atoms with van der Waals surface area (Å²) >= 11 is 0. The van der Waals surface area contributed by atoms with Gasteiger partial charge >= 0.3 is 0 Å². The smallest absolute Gasteiger partial charge is 0.119 e. The van der Waals surface area contributed by atoms with Crippen LogP contribution in [0.15, 0.2) is 24.3 Å². The Labute approximate surface area is 104 Å². The molecule has 2 nitrogen and oxygen atoms in total. The van der Waals surface area contributed by atoms with Crippen LogP contribution in [-0.2, 0) is 0 Å². The highest BCUT2D eigenvalue weighted by molar-refractivity contribution is 5.30. The first-order chi connectivity index (χ1) is 8.08. The predicted molar refractivity (Wildman–Crippen MR) is 71.3 cm³/mol. The van der Waals surface area contributed by atoms with Crippen LogP contribution in [-0.4, -0.2) is 12.1 Å². The van der Waals surface area contributed by atoms with E-state index in [2.05, 4.69) is 31.2 Å². The zero-order valence-corrected chi connectivity index (χ0v) is 11.0. The minimum absolute atomic E-state index is 0.236. The molecule has 0 bridgehead atoms. The van der Waals surface area contributed by atoms with Crippen LogP contribution in [0.3, 0.4) is 0 Å². The van der Waals surface area contributed by atoms with E-state index in [-0.39, 0.29) is 6.10 Å². The molecular formula is C15H23NO. The van der Waals surface area contributed by atoms with E-state index in [9.17, 15) is 0 Å². The average Bonchev–Trinajstić information content (AvgIpc) is 2.60. The molecule has 0 amide bonds. The van der Waals surface area contributed by atoms with Crippen LogP contribution >= 0.6 is 0 Å². The highest BCUT2D eigenvalue weighted by atomic mass is 16.5. The molecule has 17 heavy (non-hydrogen) atoms. The molecule has 0 saturated heterocycles. The van der Waals surface area contributed by atoms with Crippen molar-refractivity contribution in [3.05, 3.63) is 29.8 Å². The summed E-state index contributed by atoms with van der Waals surface area (Å²) in [4.78, 5) is 0. The molecule has 2 heteroatoms. The van der Waals surface area contributed by atoms with Gasteiger partial charge in [-0.1, -0.05) is 19.1 Å². The van der Waals surface area contributed by atoms with Crippen molar-refractivity contribution in [1.29, 1.82) is 0 Å². The number of rotatable bonds is 3. The van der Waals surface area contributed by atoms with E-state index in [1.807, 2.05) is 13.8 Å². The van der Waals surface area contributed by atoms with Gasteiger partial charge < -0.3 is 10.5 Å². The van der Waals surface area contributed by atoms with Crippen molar-refractivity contribution in [2.75, 3.05) is 0 Å². The molecule has 2 N–H and O–H groups in total. The summed E-state index contributed by atoms with van der Waals surface area (Å²) in [5, 5.41) is 0. The van der Waals surface area contributed by atoms with Gasteiger partial charge in [0.1, 0.15) is 5.75 Å². The van der Waals surface area contributed by atoms with Crippen LogP contribution in [0.25, 0.3) is 0 Å². The van der Waals surface area contributed by atoms with Crippen LogP contribution in [0.5, 0.6) is 5.75 Å². The van der Waals surface area contributed by atoms with Gasteiger partial charge in [-0.05, 0) is 56.2 Å². The maximum Gasteiger partial charge on any atom is 0.119 e. The Hall–Kier alpha value is -1.02. The van der Waals surface area contributed by atoms with Crippen molar-refractivity contribution in [3.63, 3.8) is 0 Å². The number of hydrogen-bond donors (Lipinski definition) is 1. The van der Waals surface area contributed by atoms with Gasteiger partial charge in [0, 0.05) is 6.04 Å². The van der Waals surface area contributed by atoms with E-state index in [0.29, 0.717) is 17.9 Å². The second kappa shape index (κ2) is 5.09. The highest BCUT2D eigenvalue weighted by Gasteiger charge is 2.31. The Morgan fingerprint density at radius 3 is 2.29 bits per heavy atom. The third-order valence-corrected chi connectivity index (χ3v) is 3.80. The van der Waals surface area contributed by atoms with Crippen molar-refractivity contribution < 1.29 is 4.74 Å². The minimum atomic E-state index is 0.236. The fourth-order valence-corrected chi connectivity index (χ4v) is 2.73. The molecule has 0 aromatic heterocycles. The number of benzene rings is 1. The van der Waals surface area contributed by atoms with Crippen molar-refractivity contribution in [2.45, 2.75) is 51.7 Å². The highest BCUT2D eigenvalue weighted by Crippen LogP contribution is 2.38. The standard InChI is InChI=1S/C15H23NO/c1-10(2)17-13-6-4-12(5-7-13)14-8-9-15(16)11(14)3/h4-7,10-11,14-15H,8-9,16H2,1-3H3. The molecule has 1 aromatic rings. The van der Waals surface area contributed by atoms with E-state index in [4.69, 9.17) is 10.5 Å². The maximum atomic E-state index is 6.08. The lowest BCUT2D eigenvalue weighted by Gasteiger charge is -2.19. The number of ether oxygens (including phenoxy) is 1. The van der Waals surface area contributed by atoms with Gasteiger partial charge in [-0.25, -0.2) is 0 Å². The monoisotopic (exact) mass is 233 g/mol. The zero-order chi connectivity index (χ0) is 12.4. The van der Waals surface area contributed by atoms with E-state index < -0.39 is 0 Å². The topological polar surface area (TPSA) is 35.2 Å². The molecule has 1 fully saturated rings. The van der Waals surface area contributed by atoms with Gasteiger partial charge in [-0.3, -0.25) is 0 Å². The maximum absolute atomic E-state index is 6.08. The van der Waals surface area contributed by atoms with E-state index >= 15 is 0 Å². The van der Waals surface area contributed by atoms with Gasteiger partial charge in [0.25, 0.3) is 0 Å². The summed E-state index contributed by atoms with van der Waals surface area (Å²) in [6, 6.07) is 8.90.